The van der Waals surface area contributed by atoms with Crippen LogP contribution in [0.1, 0.15) is 47.3 Å². The molecule has 0 bridgehead atoms. The highest BCUT2D eigenvalue weighted by molar-refractivity contribution is 5.96. The van der Waals surface area contributed by atoms with Gasteiger partial charge in [-0.05, 0) is 38.3 Å². The topological polar surface area (TPSA) is 46.9 Å². The molecule has 0 aliphatic heterocycles. The van der Waals surface area contributed by atoms with Crippen molar-refractivity contribution in [2.24, 2.45) is 0 Å². The first-order valence-corrected chi connectivity index (χ1v) is 9.45. The molecule has 4 heteroatoms. The molecule has 2 aromatic carbocycles. The van der Waals surface area contributed by atoms with Gasteiger partial charge < -0.3 is 5.32 Å². The number of hydrogen-bond acceptors (Lipinski definition) is 2. The van der Waals surface area contributed by atoms with Crippen LogP contribution in [0.15, 0.2) is 54.6 Å². The van der Waals surface area contributed by atoms with Crippen LogP contribution in [-0.4, -0.2) is 15.7 Å². The molecule has 0 aliphatic rings. The molecule has 27 heavy (non-hydrogen) atoms. The summed E-state index contributed by atoms with van der Waals surface area (Å²) in [5.41, 5.74) is 6.12. The van der Waals surface area contributed by atoms with Gasteiger partial charge in [-0.3, -0.25) is 9.48 Å². The highest BCUT2D eigenvalue weighted by Crippen LogP contribution is 2.25. The second-order valence-corrected chi connectivity index (χ2v) is 7.05. The summed E-state index contributed by atoms with van der Waals surface area (Å²) >= 11 is 0. The predicted octanol–water partition coefficient (Wildman–Crippen LogP) is 4.99. The van der Waals surface area contributed by atoms with E-state index >= 15 is 0 Å². The maximum absolute atomic E-state index is 12.9. The van der Waals surface area contributed by atoms with Crippen LogP contribution in [0.5, 0.6) is 0 Å². The van der Waals surface area contributed by atoms with Crippen molar-refractivity contribution in [3.63, 3.8) is 0 Å². The number of nitrogens with one attached hydrogen (secondary N) is 1. The van der Waals surface area contributed by atoms with Crippen molar-refractivity contribution < 1.29 is 4.79 Å². The van der Waals surface area contributed by atoms with Gasteiger partial charge in [-0.1, -0.05) is 67.1 Å². The van der Waals surface area contributed by atoms with E-state index in [-0.39, 0.29) is 11.8 Å². The number of aryl methyl sites for hydroxylation is 2. The van der Waals surface area contributed by atoms with Crippen molar-refractivity contribution in [3.05, 3.63) is 82.7 Å². The standard InChI is InChI=1S/C23H27N3O/c1-5-21(20-12-7-6-8-13-20)23(27)24-22-17(3)25-26(18(22)4)15-19-11-9-10-16(2)14-19/h6-14,21H,5,15H2,1-4H3,(H,24,27). The summed E-state index contributed by atoms with van der Waals surface area (Å²) in [6.45, 7) is 8.77. The SMILES string of the molecule is CCC(C(=O)Nc1c(C)nn(Cc2cccc(C)c2)c1C)c1ccccc1. The number of rotatable bonds is 6. The van der Waals surface area contributed by atoms with E-state index in [9.17, 15) is 4.79 Å². The number of carbonyl (C=O) groups is 1. The molecule has 1 unspecified atom stereocenters. The first kappa shape index (κ1) is 18.9. The number of aromatic nitrogens is 2. The Morgan fingerprint density at radius 1 is 1.07 bits per heavy atom. The number of carbonyl (C=O) groups excluding carboxylic acids is 1. The highest BCUT2D eigenvalue weighted by Gasteiger charge is 2.21. The number of benzene rings is 2. The van der Waals surface area contributed by atoms with Gasteiger partial charge in [0.1, 0.15) is 0 Å². The molecule has 0 spiro atoms. The monoisotopic (exact) mass is 361 g/mol. The number of amides is 1. The lowest BCUT2D eigenvalue weighted by atomic mass is 9.95. The summed E-state index contributed by atoms with van der Waals surface area (Å²) in [7, 11) is 0. The van der Waals surface area contributed by atoms with Gasteiger partial charge in [0.25, 0.3) is 0 Å². The van der Waals surface area contributed by atoms with Gasteiger partial charge in [-0.2, -0.15) is 5.10 Å². The lowest BCUT2D eigenvalue weighted by Crippen LogP contribution is -2.21. The van der Waals surface area contributed by atoms with Gasteiger partial charge in [0, 0.05) is 0 Å². The van der Waals surface area contributed by atoms with E-state index in [2.05, 4.69) is 41.6 Å². The third kappa shape index (κ3) is 4.27. The van der Waals surface area contributed by atoms with E-state index in [0.29, 0.717) is 6.54 Å². The van der Waals surface area contributed by atoms with Gasteiger partial charge in [-0.15, -0.1) is 0 Å². The molecule has 1 N–H and O–H groups in total. The van der Waals surface area contributed by atoms with Crippen LogP contribution in [0.4, 0.5) is 5.69 Å². The van der Waals surface area contributed by atoms with E-state index in [0.717, 1.165) is 29.1 Å². The van der Waals surface area contributed by atoms with Crippen LogP contribution in [0, 0.1) is 20.8 Å². The molecule has 1 aromatic heterocycles. The molecule has 140 valence electrons. The van der Waals surface area contributed by atoms with Gasteiger partial charge in [0.2, 0.25) is 5.91 Å². The van der Waals surface area contributed by atoms with Crippen molar-refractivity contribution in [3.8, 4) is 0 Å². The quantitative estimate of drug-likeness (QED) is 0.672. The van der Waals surface area contributed by atoms with Gasteiger partial charge in [0.05, 0.1) is 29.5 Å². The zero-order chi connectivity index (χ0) is 19.4. The molecule has 3 rings (SSSR count). The van der Waals surface area contributed by atoms with Crippen LogP contribution >= 0.6 is 0 Å². The molecule has 1 heterocycles. The summed E-state index contributed by atoms with van der Waals surface area (Å²) in [6, 6.07) is 18.3. The molecular formula is C23H27N3O. The molecule has 3 aromatic rings. The van der Waals surface area contributed by atoms with E-state index in [4.69, 9.17) is 0 Å². The number of hydrogen-bond donors (Lipinski definition) is 1. The summed E-state index contributed by atoms with van der Waals surface area (Å²) in [5.74, 6) is -0.143. The molecule has 0 saturated carbocycles. The third-order valence-electron chi connectivity index (χ3n) is 4.97. The molecule has 1 atom stereocenters. The van der Waals surface area contributed by atoms with Gasteiger partial charge in [0.15, 0.2) is 0 Å². The fraction of sp³-hybridized carbons (Fsp3) is 0.304. The molecule has 0 aliphatic carbocycles. The number of nitrogens with zero attached hydrogens (tertiary/aromatic N) is 2. The fourth-order valence-electron chi connectivity index (χ4n) is 3.48. The van der Waals surface area contributed by atoms with Crippen molar-refractivity contribution in [1.82, 2.24) is 9.78 Å². The lowest BCUT2D eigenvalue weighted by molar-refractivity contribution is -0.117. The Hall–Kier alpha value is -2.88. The Labute approximate surface area is 161 Å². The average molecular weight is 361 g/mol. The average Bonchev–Trinajstić information content (AvgIpc) is 2.91. The molecule has 1 amide bonds. The Morgan fingerprint density at radius 2 is 1.81 bits per heavy atom. The first-order valence-electron chi connectivity index (χ1n) is 9.45. The number of anilines is 1. The Balaban J connectivity index is 1.81. The van der Waals surface area contributed by atoms with Crippen LogP contribution < -0.4 is 5.32 Å². The second kappa shape index (κ2) is 8.21. The predicted molar refractivity (Wildman–Crippen MR) is 110 cm³/mol. The van der Waals surface area contributed by atoms with Crippen molar-refractivity contribution in [2.45, 2.75) is 46.6 Å². The fourth-order valence-corrected chi connectivity index (χ4v) is 3.48. The zero-order valence-corrected chi connectivity index (χ0v) is 16.5. The maximum atomic E-state index is 12.9. The Bertz CT molecular complexity index is 928. The smallest absolute Gasteiger partial charge is 0.232 e. The van der Waals surface area contributed by atoms with Crippen molar-refractivity contribution >= 4 is 11.6 Å². The highest BCUT2D eigenvalue weighted by atomic mass is 16.1. The molecule has 0 fully saturated rings. The van der Waals surface area contributed by atoms with E-state index in [1.165, 1.54) is 11.1 Å². The van der Waals surface area contributed by atoms with Crippen LogP contribution in [0.25, 0.3) is 0 Å². The Morgan fingerprint density at radius 3 is 2.48 bits per heavy atom. The van der Waals surface area contributed by atoms with E-state index < -0.39 is 0 Å². The van der Waals surface area contributed by atoms with Crippen molar-refractivity contribution in [2.75, 3.05) is 5.32 Å². The second-order valence-electron chi connectivity index (χ2n) is 7.05. The van der Waals surface area contributed by atoms with E-state index in [1.807, 2.05) is 55.8 Å². The molecule has 0 saturated heterocycles. The van der Waals surface area contributed by atoms with Crippen molar-refractivity contribution in [1.29, 1.82) is 0 Å². The van der Waals surface area contributed by atoms with Gasteiger partial charge in [-0.25, -0.2) is 0 Å². The van der Waals surface area contributed by atoms with E-state index in [1.54, 1.807) is 0 Å². The summed E-state index contributed by atoms with van der Waals surface area (Å²) in [6.07, 6.45) is 0.755. The molecule has 0 radical (unpaired) electrons. The minimum atomic E-state index is -0.162. The zero-order valence-electron chi connectivity index (χ0n) is 16.5. The molecule has 4 nitrogen and oxygen atoms in total. The minimum absolute atomic E-state index is 0.0185. The third-order valence-corrected chi connectivity index (χ3v) is 4.97. The lowest BCUT2D eigenvalue weighted by Gasteiger charge is -2.15. The van der Waals surface area contributed by atoms with Gasteiger partial charge >= 0.3 is 0 Å². The first-order chi connectivity index (χ1) is 13.0. The summed E-state index contributed by atoms with van der Waals surface area (Å²) in [4.78, 5) is 12.9. The largest absolute Gasteiger partial charge is 0.322 e. The maximum Gasteiger partial charge on any atom is 0.232 e. The van der Waals surface area contributed by atoms with Crippen LogP contribution in [-0.2, 0) is 11.3 Å². The normalized spacial score (nSPS) is 12.0. The summed E-state index contributed by atoms with van der Waals surface area (Å²) in [5, 5.41) is 7.77. The minimum Gasteiger partial charge on any atom is -0.322 e. The van der Waals surface area contributed by atoms with Crippen LogP contribution in [0.2, 0.25) is 0 Å². The Kier molecular flexibility index (Phi) is 5.75. The molecular weight excluding hydrogens is 334 g/mol. The van der Waals surface area contributed by atoms with Crippen LogP contribution in [0.3, 0.4) is 0 Å². The summed E-state index contributed by atoms with van der Waals surface area (Å²) < 4.78 is 1.96.